The summed E-state index contributed by atoms with van der Waals surface area (Å²) in [5.41, 5.74) is 1.40. The minimum atomic E-state index is -0.796. The van der Waals surface area contributed by atoms with E-state index in [0.717, 1.165) is 29.7 Å². The van der Waals surface area contributed by atoms with Crippen LogP contribution in [0, 0.1) is 33.8 Å². The Morgan fingerprint density at radius 3 is 2.86 bits per heavy atom. The highest BCUT2D eigenvalue weighted by atomic mass is 16.6. The lowest BCUT2D eigenvalue weighted by Gasteiger charge is -2.62. The van der Waals surface area contributed by atoms with Gasteiger partial charge in [0.15, 0.2) is 0 Å². The number of allylic oxidation sites excluding steroid dienone is 2. The molecule has 1 saturated carbocycles. The molecular weight excluding hydrogens is 370 g/mol. The maximum Gasteiger partial charge on any atom is 0.334 e. The number of Topliss-reactive ketones (excluding diaryl/α,β-unsaturated/α-hetero) is 1. The summed E-state index contributed by atoms with van der Waals surface area (Å²) in [7, 11) is 1.41. The van der Waals surface area contributed by atoms with Crippen molar-refractivity contribution in [2.75, 3.05) is 26.8 Å². The molecule has 2 saturated heterocycles. The quantitative estimate of drug-likeness (QED) is 0.385. The number of quaternary nitrogens is 1. The fraction of sp³-hybridized carbons (Fsp3) is 0.739. The highest BCUT2D eigenvalue weighted by Gasteiger charge is 2.78. The number of hydrogen-bond donors (Lipinski definition) is 0. The second kappa shape index (κ2) is 5.33. The topological polar surface area (TPSA) is 75.7 Å². The summed E-state index contributed by atoms with van der Waals surface area (Å²) in [4.78, 5) is 27.1. The molecule has 29 heavy (non-hydrogen) atoms. The molecule has 6 aliphatic rings. The number of hydrogen-bond acceptors (Lipinski definition) is 5. The van der Waals surface area contributed by atoms with Gasteiger partial charge in [-0.2, -0.15) is 0 Å². The van der Waals surface area contributed by atoms with E-state index in [-0.39, 0.29) is 40.2 Å². The van der Waals surface area contributed by atoms with Gasteiger partial charge in [-0.25, -0.2) is 4.79 Å². The molecule has 2 bridgehead atoms. The van der Waals surface area contributed by atoms with Gasteiger partial charge in [0.05, 0.1) is 38.3 Å². The number of carbonyl (C=O) groups is 2. The Bertz CT molecular complexity index is 920. The van der Waals surface area contributed by atoms with E-state index < -0.39 is 10.8 Å². The van der Waals surface area contributed by atoms with Gasteiger partial charge in [0.2, 0.25) is 0 Å². The van der Waals surface area contributed by atoms with E-state index in [9.17, 15) is 14.8 Å². The smallest absolute Gasteiger partial charge is 0.334 e. The van der Waals surface area contributed by atoms with Crippen molar-refractivity contribution in [1.29, 1.82) is 0 Å². The van der Waals surface area contributed by atoms with E-state index in [0.29, 0.717) is 44.5 Å². The number of esters is 1. The molecule has 0 radical (unpaired) electrons. The normalized spacial score (nSPS) is 49.6. The molecule has 0 aromatic heterocycles. The Morgan fingerprint density at radius 1 is 1.31 bits per heavy atom. The molecule has 0 aromatic rings. The molecule has 6 heteroatoms. The third kappa shape index (κ3) is 1.79. The Kier molecular flexibility index (Phi) is 3.33. The van der Waals surface area contributed by atoms with Gasteiger partial charge in [-0.1, -0.05) is 13.8 Å². The fourth-order valence-electron chi connectivity index (χ4n) is 8.54. The van der Waals surface area contributed by atoms with Gasteiger partial charge in [0, 0.05) is 53.6 Å². The van der Waals surface area contributed by atoms with Crippen LogP contribution in [0.1, 0.15) is 46.0 Å². The first-order valence-corrected chi connectivity index (χ1v) is 11.1. The monoisotopic (exact) mass is 399 g/mol. The van der Waals surface area contributed by atoms with Crippen LogP contribution in [0.3, 0.4) is 0 Å². The predicted octanol–water partition coefficient (Wildman–Crippen LogP) is 2.87. The van der Waals surface area contributed by atoms with Crippen LogP contribution in [0.15, 0.2) is 22.5 Å². The zero-order chi connectivity index (χ0) is 20.3. The Morgan fingerprint density at radius 2 is 2.10 bits per heavy atom. The van der Waals surface area contributed by atoms with Gasteiger partial charge in [-0.05, 0) is 18.4 Å². The van der Waals surface area contributed by atoms with Crippen molar-refractivity contribution in [3.05, 3.63) is 27.7 Å². The van der Waals surface area contributed by atoms with Gasteiger partial charge in [0.25, 0.3) is 0 Å². The first kappa shape index (κ1) is 18.1. The first-order valence-electron chi connectivity index (χ1n) is 11.1. The molecule has 0 N–H and O–H groups in total. The number of piperidine rings is 1. The van der Waals surface area contributed by atoms with Gasteiger partial charge in [-0.15, -0.1) is 0 Å². The van der Waals surface area contributed by atoms with Crippen LogP contribution in [0.25, 0.3) is 0 Å². The van der Waals surface area contributed by atoms with E-state index >= 15 is 0 Å². The molecule has 6 rings (SSSR count). The minimum Gasteiger partial charge on any atom is -0.633 e. The number of hydroxylamine groups is 3. The summed E-state index contributed by atoms with van der Waals surface area (Å²) < 4.78 is 11.1. The van der Waals surface area contributed by atoms with E-state index in [2.05, 4.69) is 13.8 Å². The zero-order valence-corrected chi connectivity index (χ0v) is 17.5. The molecule has 3 heterocycles. The van der Waals surface area contributed by atoms with Crippen molar-refractivity contribution >= 4 is 11.8 Å². The number of rotatable bonds is 1. The molecule has 3 aliphatic heterocycles. The number of ether oxygens (including phenoxy) is 2. The average molecular weight is 399 g/mol. The molecule has 3 aliphatic carbocycles. The van der Waals surface area contributed by atoms with E-state index in [4.69, 9.17) is 9.47 Å². The Labute approximate surface area is 171 Å². The molecule has 1 spiro atoms. The van der Waals surface area contributed by atoms with E-state index in [1.54, 1.807) is 0 Å². The van der Waals surface area contributed by atoms with E-state index in [1.807, 2.05) is 0 Å². The zero-order valence-electron chi connectivity index (χ0n) is 17.5. The lowest BCUT2D eigenvalue weighted by atomic mass is 9.45. The van der Waals surface area contributed by atoms with Crippen LogP contribution >= 0.6 is 0 Å². The highest BCUT2D eigenvalue weighted by Crippen LogP contribution is 2.74. The first-order chi connectivity index (χ1) is 13.8. The van der Waals surface area contributed by atoms with Gasteiger partial charge in [-0.3, -0.25) is 4.79 Å². The standard InChI is InChI=1S/C23H29NO5/c1-12-10-24(27)11-13-4-5-17-19-14(6-7-29-17)16(21(26)28-3)9-23(19)20(25)15(12)8-18(24)22(13,23)2/h12-13,15,18H,4-11H2,1-3H3/t12?,13?,15?,18?,22-,23+,24?/m1/s1. The second-order valence-corrected chi connectivity index (χ2v) is 10.5. The summed E-state index contributed by atoms with van der Waals surface area (Å²) in [6, 6.07) is -0.0709. The molecule has 5 unspecified atom stereocenters. The largest absolute Gasteiger partial charge is 0.633 e. The van der Waals surface area contributed by atoms with Crippen molar-refractivity contribution in [2.45, 2.75) is 52.0 Å². The molecule has 0 amide bonds. The summed E-state index contributed by atoms with van der Waals surface area (Å²) in [5, 5.41) is 14.0. The number of ketones is 1. The SMILES string of the molecule is COC(=O)C1=C2CCOC3=C2[C@@]2(C1)C(=O)C1CC4[C@@]2(C)C(CC3)C[N+]4([O-])CC1C. The third-order valence-corrected chi connectivity index (χ3v) is 9.67. The average Bonchev–Trinajstić information content (AvgIpc) is 3.13. The van der Waals surface area contributed by atoms with Crippen molar-refractivity contribution in [3.8, 4) is 0 Å². The van der Waals surface area contributed by atoms with Gasteiger partial charge < -0.3 is 19.3 Å². The van der Waals surface area contributed by atoms with Crippen molar-refractivity contribution in [1.82, 2.24) is 0 Å². The third-order valence-electron chi connectivity index (χ3n) is 9.67. The molecule has 0 aromatic carbocycles. The van der Waals surface area contributed by atoms with Crippen LogP contribution in [0.4, 0.5) is 0 Å². The molecule has 3 fully saturated rings. The predicted molar refractivity (Wildman–Crippen MR) is 104 cm³/mol. The summed E-state index contributed by atoms with van der Waals surface area (Å²) in [6.45, 7) is 5.97. The van der Waals surface area contributed by atoms with Crippen LogP contribution in [-0.2, 0) is 19.1 Å². The lowest BCUT2D eigenvalue weighted by Crippen LogP contribution is -2.69. The fourth-order valence-corrected chi connectivity index (χ4v) is 8.54. The molecule has 7 atom stereocenters. The number of carbonyl (C=O) groups excluding carboxylic acids is 2. The van der Waals surface area contributed by atoms with Crippen molar-refractivity contribution in [2.24, 2.45) is 28.6 Å². The van der Waals surface area contributed by atoms with Crippen molar-refractivity contribution in [3.63, 3.8) is 0 Å². The number of nitrogens with zero attached hydrogens (tertiary/aromatic N) is 1. The van der Waals surface area contributed by atoms with Gasteiger partial charge in [0.1, 0.15) is 11.5 Å². The maximum atomic E-state index is 14.3. The summed E-state index contributed by atoms with van der Waals surface area (Å²) in [6.07, 6.45) is 3.38. The number of methoxy groups -OCH3 is 1. The maximum absolute atomic E-state index is 14.3. The Balaban J connectivity index is 1.66. The van der Waals surface area contributed by atoms with Crippen LogP contribution in [-0.4, -0.2) is 49.2 Å². The minimum absolute atomic E-state index is 0.0709. The molecular formula is C23H29NO5. The molecule has 156 valence electrons. The van der Waals surface area contributed by atoms with Crippen LogP contribution < -0.4 is 0 Å². The second-order valence-electron chi connectivity index (χ2n) is 10.5. The number of fused-ring (bicyclic) bond motifs is 1. The van der Waals surface area contributed by atoms with Gasteiger partial charge >= 0.3 is 5.97 Å². The Hall–Kier alpha value is -1.66. The van der Waals surface area contributed by atoms with E-state index in [1.165, 1.54) is 7.11 Å². The van der Waals surface area contributed by atoms with Crippen LogP contribution in [0.5, 0.6) is 0 Å². The lowest BCUT2D eigenvalue weighted by molar-refractivity contribution is -0.908. The summed E-state index contributed by atoms with van der Waals surface area (Å²) in [5.74, 6) is 1.000. The van der Waals surface area contributed by atoms with Crippen molar-refractivity contribution < 1.29 is 23.7 Å². The highest BCUT2D eigenvalue weighted by molar-refractivity contribution is 6.01. The summed E-state index contributed by atoms with van der Waals surface area (Å²) >= 11 is 0. The molecule has 6 nitrogen and oxygen atoms in total. The van der Waals surface area contributed by atoms with Crippen LogP contribution in [0.2, 0.25) is 0 Å².